The number of hydrogen-bond donors (Lipinski definition) is 0. The van der Waals surface area contributed by atoms with Crippen molar-refractivity contribution in [3.63, 3.8) is 0 Å². The Morgan fingerprint density at radius 3 is 2.86 bits per heavy atom. The van der Waals surface area contributed by atoms with Crippen LogP contribution in [0.25, 0.3) is 11.3 Å². The molecule has 2 aromatic heterocycles. The van der Waals surface area contributed by atoms with E-state index in [9.17, 15) is 0 Å². The first-order valence-electron chi connectivity index (χ1n) is 7.13. The molecule has 22 heavy (non-hydrogen) atoms. The number of aryl methyl sites for hydroxylation is 2. The van der Waals surface area contributed by atoms with Crippen LogP contribution >= 0.6 is 11.8 Å². The average Bonchev–Trinajstić information content (AvgIpc) is 2.53. The summed E-state index contributed by atoms with van der Waals surface area (Å²) >= 11 is 1.71. The number of aromatic nitrogens is 2. The fraction of sp³-hybridized carbons (Fsp3) is 0.111. The number of benzene rings is 1. The Kier molecular flexibility index (Phi) is 3.12. The fourth-order valence-corrected chi connectivity index (χ4v) is 3.66. The first-order chi connectivity index (χ1) is 10.7. The molecule has 1 aliphatic heterocycles. The second kappa shape index (κ2) is 5.14. The van der Waals surface area contributed by atoms with E-state index >= 15 is 0 Å². The van der Waals surface area contributed by atoms with E-state index in [1.165, 1.54) is 16.8 Å². The Balaban J connectivity index is 1.84. The number of hydrogen-bond acceptors (Lipinski definition) is 3. The van der Waals surface area contributed by atoms with Gasteiger partial charge in [-0.2, -0.15) is 0 Å². The minimum absolute atomic E-state index is 0.687. The largest absolute Gasteiger partial charge is 0.437 e. The highest BCUT2D eigenvalue weighted by molar-refractivity contribution is 7.99. The van der Waals surface area contributed by atoms with E-state index in [4.69, 9.17) is 4.74 Å². The first kappa shape index (κ1) is 13.3. The highest BCUT2D eigenvalue weighted by atomic mass is 32.2. The van der Waals surface area contributed by atoms with Gasteiger partial charge in [-0.05, 0) is 42.8 Å². The molecule has 0 saturated carbocycles. The van der Waals surface area contributed by atoms with Crippen molar-refractivity contribution in [1.82, 2.24) is 4.98 Å². The molecular formula is C18H15N2OS+. The standard InChI is InChI=1S/C18H15N2OS/c1-12-10-17-15(21-18-16(22-17)7-5-8-19-18)11-13(12)14-6-3-4-9-20(14)2/h3-11H,1-2H3/q+1. The van der Waals surface area contributed by atoms with E-state index in [1.54, 1.807) is 18.0 Å². The Hall–Kier alpha value is -2.33. The Bertz CT molecular complexity index is 877. The molecule has 0 atom stereocenters. The third-order valence-corrected chi connectivity index (χ3v) is 4.85. The van der Waals surface area contributed by atoms with Crippen LogP contribution < -0.4 is 9.30 Å². The van der Waals surface area contributed by atoms with Crippen molar-refractivity contribution in [2.24, 2.45) is 7.05 Å². The van der Waals surface area contributed by atoms with Gasteiger partial charge in [0.25, 0.3) is 0 Å². The van der Waals surface area contributed by atoms with Crippen molar-refractivity contribution in [3.05, 3.63) is 60.4 Å². The van der Waals surface area contributed by atoms with Gasteiger partial charge in [0.05, 0.1) is 15.4 Å². The van der Waals surface area contributed by atoms with Gasteiger partial charge in [0.15, 0.2) is 6.20 Å². The van der Waals surface area contributed by atoms with E-state index in [2.05, 4.69) is 54.0 Å². The maximum atomic E-state index is 5.99. The monoisotopic (exact) mass is 307 g/mol. The van der Waals surface area contributed by atoms with Crippen LogP contribution in [0.4, 0.5) is 0 Å². The van der Waals surface area contributed by atoms with Gasteiger partial charge >= 0.3 is 0 Å². The molecule has 0 spiro atoms. The average molecular weight is 307 g/mol. The molecular weight excluding hydrogens is 292 g/mol. The zero-order valence-corrected chi connectivity index (χ0v) is 13.2. The Labute approximate surface area is 133 Å². The maximum Gasteiger partial charge on any atom is 0.233 e. The van der Waals surface area contributed by atoms with E-state index in [1.807, 2.05) is 18.2 Å². The molecule has 0 radical (unpaired) electrons. The van der Waals surface area contributed by atoms with Crippen LogP contribution in [-0.2, 0) is 7.05 Å². The number of pyridine rings is 2. The fourth-order valence-electron chi connectivity index (χ4n) is 2.65. The molecule has 0 saturated heterocycles. The first-order valence-corrected chi connectivity index (χ1v) is 7.94. The second-order valence-corrected chi connectivity index (χ2v) is 6.41. The molecule has 1 aromatic carbocycles. The summed E-state index contributed by atoms with van der Waals surface area (Å²) in [7, 11) is 2.06. The topological polar surface area (TPSA) is 26.0 Å². The van der Waals surface area contributed by atoms with Crippen molar-refractivity contribution in [2.75, 3.05) is 0 Å². The van der Waals surface area contributed by atoms with Crippen molar-refractivity contribution >= 4 is 11.8 Å². The summed E-state index contributed by atoms with van der Waals surface area (Å²) in [6, 6.07) is 14.5. The number of ether oxygens (including phenoxy) is 1. The van der Waals surface area contributed by atoms with Crippen molar-refractivity contribution in [2.45, 2.75) is 16.7 Å². The lowest BCUT2D eigenvalue weighted by Crippen LogP contribution is -2.30. The van der Waals surface area contributed by atoms with Gasteiger partial charge in [-0.15, -0.1) is 0 Å². The molecule has 4 rings (SSSR count). The highest BCUT2D eigenvalue weighted by Crippen LogP contribution is 2.47. The van der Waals surface area contributed by atoms with Crippen molar-refractivity contribution < 1.29 is 9.30 Å². The minimum atomic E-state index is 0.687. The van der Waals surface area contributed by atoms with E-state index < -0.39 is 0 Å². The van der Waals surface area contributed by atoms with E-state index in [-0.39, 0.29) is 0 Å². The lowest BCUT2D eigenvalue weighted by molar-refractivity contribution is -0.660. The summed E-state index contributed by atoms with van der Waals surface area (Å²) < 4.78 is 8.12. The number of fused-ring (bicyclic) bond motifs is 2. The van der Waals surface area contributed by atoms with Gasteiger partial charge < -0.3 is 4.74 Å². The summed E-state index contributed by atoms with van der Waals surface area (Å²) in [5.74, 6) is 1.56. The van der Waals surface area contributed by atoms with Crippen LogP contribution in [0.5, 0.6) is 11.6 Å². The Morgan fingerprint density at radius 2 is 2.00 bits per heavy atom. The predicted molar refractivity (Wildman–Crippen MR) is 86.2 cm³/mol. The molecule has 3 nitrogen and oxygen atoms in total. The molecule has 0 aliphatic carbocycles. The number of nitrogens with zero attached hydrogens (tertiary/aromatic N) is 2. The smallest absolute Gasteiger partial charge is 0.233 e. The van der Waals surface area contributed by atoms with Gasteiger partial charge in [0, 0.05) is 18.3 Å². The molecule has 0 unspecified atom stereocenters. The molecule has 3 aromatic rings. The summed E-state index contributed by atoms with van der Waals surface area (Å²) in [5.41, 5.74) is 3.59. The lowest BCUT2D eigenvalue weighted by Gasteiger charge is -2.19. The Morgan fingerprint density at radius 1 is 1.09 bits per heavy atom. The molecule has 1 aliphatic rings. The predicted octanol–water partition coefficient (Wildman–Crippen LogP) is 4.14. The van der Waals surface area contributed by atoms with E-state index in [0.717, 1.165) is 15.5 Å². The molecule has 4 heteroatoms. The van der Waals surface area contributed by atoms with Gasteiger partial charge in [-0.3, -0.25) is 0 Å². The van der Waals surface area contributed by atoms with Gasteiger partial charge in [-0.1, -0.05) is 11.8 Å². The number of rotatable bonds is 1. The summed E-state index contributed by atoms with van der Waals surface area (Å²) in [4.78, 5) is 6.51. The van der Waals surface area contributed by atoms with Crippen LogP contribution in [0.3, 0.4) is 0 Å². The third-order valence-electron chi connectivity index (χ3n) is 3.78. The minimum Gasteiger partial charge on any atom is -0.437 e. The molecule has 108 valence electrons. The summed E-state index contributed by atoms with van der Waals surface area (Å²) in [5, 5.41) is 0. The summed E-state index contributed by atoms with van der Waals surface area (Å²) in [6.07, 6.45) is 3.82. The van der Waals surface area contributed by atoms with Crippen LogP contribution in [0.2, 0.25) is 0 Å². The van der Waals surface area contributed by atoms with E-state index in [0.29, 0.717) is 5.88 Å². The van der Waals surface area contributed by atoms with Crippen molar-refractivity contribution in [1.29, 1.82) is 0 Å². The zero-order chi connectivity index (χ0) is 15.1. The lowest BCUT2D eigenvalue weighted by atomic mass is 10.0. The zero-order valence-electron chi connectivity index (χ0n) is 12.4. The van der Waals surface area contributed by atoms with Crippen LogP contribution in [0.15, 0.2) is 64.6 Å². The summed E-state index contributed by atoms with van der Waals surface area (Å²) in [6.45, 7) is 2.14. The maximum absolute atomic E-state index is 5.99. The van der Waals surface area contributed by atoms with Gasteiger partial charge in [0.1, 0.15) is 12.8 Å². The molecule has 0 N–H and O–H groups in total. The second-order valence-electron chi connectivity index (χ2n) is 5.32. The SMILES string of the molecule is Cc1cc2c(cc1-c1cccc[n+]1C)Oc1ncccc1S2. The molecule has 0 amide bonds. The molecule has 3 heterocycles. The normalized spacial score (nSPS) is 12.3. The van der Waals surface area contributed by atoms with Crippen LogP contribution in [0, 0.1) is 6.92 Å². The van der Waals surface area contributed by atoms with Gasteiger partial charge in [0.2, 0.25) is 11.6 Å². The third kappa shape index (κ3) is 2.16. The van der Waals surface area contributed by atoms with Crippen LogP contribution in [-0.4, -0.2) is 4.98 Å². The molecule has 0 fully saturated rings. The molecule has 0 bridgehead atoms. The van der Waals surface area contributed by atoms with Gasteiger partial charge in [-0.25, -0.2) is 9.55 Å². The van der Waals surface area contributed by atoms with Crippen molar-refractivity contribution in [3.8, 4) is 22.9 Å². The quantitative estimate of drug-likeness (QED) is 0.494. The highest BCUT2D eigenvalue weighted by Gasteiger charge is 2.22. The van der Waals surface area contributed by atoms with Crippen LogP contribution in [0.1, 0.15) is 5.56 Å².